The zero-order valence-electron chi connectivity index (χ0n) is 17.7. The van der Waals surface area contributed by atoms with Crippen LogP contribution in [0.4, 0.5) is 0 Å². The van der Waals surface area contributed by atoms with E-state index in [2.05, 4.69) is 6.92 Å². The van der Waals surface area contributed by atoms with E-state index in [-0.39, 0.29) is 17.1 Å². The highest BCUT2D eigenvalue weighted by Gasteiger charge is 2.19. The van der Waals surface area contributed by atoms with E-state index >= 15 is 0 Å². The molecule has 0 saturated heterocycles. The molecule has 0 saturated carbocycles. The maximum atomic E-state index is 13.0. The number of phenolic OH excluding ortho intramolecular Hbond substituents is 1. The third-order valence-electron chi connectivity index (χ3n) is 5.20. The Kier molecular flexibility index (Phi) is 7.28. The molecule has 5 heteroatoms. The predicted molar refractivity (Wildman–Crippen MR) is 117 cm³/mol. The summed E-state index contributed by atoms with van der Waals surface area (Å²) in [6.07, 6.45) is 10.2. The Morgan fingerprint density at radius 3 is 2.47 bits per heavy atom. The van der Waals surface area contributed by atoms with Crippen LogP contribution in [-0.2, 0) is 4.74 Å². The largest absolute Gasteiger partial charge is 0.507 e. The summed E-state index contributed by atoms with van der Waals surface area (Å²) < 4.78 is 7.27. The molecule has 30 heavy (non-hydrogen) atoms. The molecule has 0 spiro atoms. The third kappa shape index (κ3) is 5.09. The lowest BCUT2D eigenvalue weighted by molar-refractivity contribution is 0.0499. The minimum absolute atomic E-state index is 0.0847. The van der Waals surface area contributed by atoms with Gasteiger partial charge in [-0.3, -0.25) is 4.79 Å². The number of ketones is 1. The van der Waals surface area contributed by atoms with Crippen molar-refractivity contribution in [3.8, 4) is 5.75 Å². The van der Waals surface area contributed by atoms with Crippen LogP contribution in [0.2, 0.25) is 0 Å². The number of esters is 1. The summed E-state index contributed by atoms with van der Waals surface area (Å²) in [7, 11) is 0. The zero-order valence-corrected chi connectivity index (χ0v) is 17.7. The summed E-state index contributed by atoms with van der Waals surface area (Å²) in [6, 6.07) is 9.86. The number of fused-ring (bicyclic) bond motifs is 1. The second-order valence-electron chi connectivity index (χ2n) is 7.70. The van der Waals surface area contributed by atoms with Gasteiger partial charge in [-0.05, 0) is 43.2 Å². The average molecular weight is 408 g/mol. The molecule has 0 bridgehead atoms. The Morgan fingerprint density at radius 1 is 0.967 bits per heavy atom. The molecule has 0 amide bonds. The fourth-order valence-electron chi connectivity index (χ4n) is 3.59. The van der Waals surface area contributed by atoms with Gasteiger partial charge in [-0.15, -0.1) is 0 Å². The van der Waals surface area contributed by atoms with Crippen LogP contribution in [0.15, 0.2) is 48.8 Å². The molecule has 3 rings (SSSR count). The minimum Gasteiger partial charge on any atom is -0.507 e. The van der Waals surface area contributed by atoms with Gasteiger partial charge in [-0.1, -0.05) is 51.2 Å². The topological polar surface area (TPSA) is 68.0 Å². The number of aromatic hydroxyl groups is 1. The summed E-state index contributed by atoms with van der Waals surface area (Å²) in [5.74, 6) is -0.858. The van der Waals surface area contributed by atoms with Gasteiger partial charge >= 0.3 is 5.97 Å². The number of benzene rings is 1. The van der Waals surface area contributed by atoms with E-state index in [4.69, 9.17) is 4.74 Å². The lowest BCUT2D eigenvalue weighted by atomic mass is 10.0. The number of carbonyl (C=O) groups is 2. The Hall–Kier alpha value is -3.08. The van der Waals surface area contributed by atoms with Crippen LogP contribution in [0.25, 0.3) is 5.52 Å². The Morgan fingerprint density at radius 2 is 1.70 bits per heavy atom. The lowest BCUT2D eigenvalue weighted by Crippen LogP contribution is -2.11. The Labute approximate surface area is 177 Å². The van der Waals surface area contributed by atoms with Gasteiger partial charge in [0.25, 0.3) is 0 Å². The van der Waals surface area contributed by atoms with Gasteiger partial charge in [0, 0.05) is 18.0 Å². The molecule has 2 heterocycles. The first-order chi connectivity index (χ1) is 14.5. The summed E-state index contributed by atoms with van der Waals surface area (Å²) in [4.78, 5) is 25.7. The zero-order chi connectivity index (χ0) is 21.5. The van der Waals surface area contributed by atoms with Gasteiger partial charge in [0.1, 0.15) is 5.75 Å². The molecule has 0 aliphatic heterocycles. The number of carbonyl (C=O) groups excluding carboxylic acids is 2. The molecule has 1 aromatic carbocycles. The summed E-state index contributed by atoms with van der Waals surface area (Å²) in [6.45, 7) is 4.49. The molecule has 0 atom stereocenters. The monoisotopic (exact) mass is 407 g/mol. The molecule has 1 N–H and O–H groups in total. The van der Waals surface area contributed by atoms with Crippen molar-refractivity contribution >= 4 is 17.3 Å². The van der Waals surface area contributed by atoms with E-state index in [0.29, 0.717) is 23.3 Å². The number of aryl methyl sites for hydroxylation is 1. The van der Waals surface area contributed by atoms with Crippen LogP contribution in [0.3, 0.4) is 0 Å². The quantitative estimate of drug-likeness (QED) is 0.266. The average Bonchev–Trinajstić information content (AvgIpc) is 3.12. The van der Waals surface area contributed by atoms with Gasteiger partial charge in [-0.2, -0.15) is 0 Å². The van der Waals surface area contributed by atoms with Crippen LogP contribution >= 0.6 is 0 Å². The highest BCUT2D eigenvalue weighted by Crippen LogP contribution is 2.24. The predicted octanol–water partition coefficient (Wildman–Crippen LogP) is 5.70. The van der Waals surface area contributed by atoms with Crippen molar-refractivity contribution in [3.05, 3.63) is 71.0 Å². The van der Waals surface area contributed by atoms with E-state index < -0.39 is 5.97 Å². The fraction of sp³-hybridized carbons (Fsp3) is 0.360. The van der Waals surface area contributed by atoms with E-state index in [0.717, 1.165) is 24.8 Å². The van der Waals surface area contributed by atoms with Gasteiger partial charge in [0.15, 0.2) is 5.78 Å². The number of nitrogens with zero attached hydrogens (tertiary/aromatic N) is 1. The normalized spacial score (nSPS) is 11.0. The highest BCUT2D eigenvalue weighted by molar-refractivity contribution is 6.12. The Balaban J connectivity index is 1.79. The highest BCUT2D eigenvalue weighted by atomic mass is 16.5. The number of hydrogen-bond donors (Lipinski definition) is 1. The first kappa shape index (κ1) is 21.6. The van der Waals surface area contributed by atoms with Crippen molar-refractivity contribution in [2.45, 2.75) is 52.4 Å². The van der Waals surface area contributed by atoms with Gasteiger partial charge in [0.2, 0.25) is 0 Å². The van der Waals surface area contributed by atoms with Gasteiger partial charge in [-0.25, -0.2) is 4.79 Å². The molecule has 0 fully saturated rings. The number of para-hydroxylation sites is 1. The van der Waals surface area contributed by atoms with Crippen molar-refractivity contribution in [1.29, 1.82) is 0 Å². The van der Waals surface area contributed by atoms with Crippen molar-refractivity contribution in [3.63, 3.8) is 0 Å². The maximum absolute atomic E-state index is 13.0. The minimum atomic E-state index is -0.432. The number of ether oxygens (including phenoxy) is 1. The van der Waals surface area contributed by atoms with E-state index in [1.807, 2.05) is 19.2 Å². The number of pyridine rings is 1. The van der Waals surface area contributed by atoms with Crippen molar-refractivity contribution in [2.24, 2.45) is 0 Å². The van der Waals surface area contributed by atoms with Crippen molar-refractivity contribution < 1.29 is 19.4 Å². The van der Waals surface area contributed by atoms with Crippen molar-refractivity contribution in [2.75, 3.05) is 6.61 Å². The third-order valence-corrected chi connectivity index (χ3v) is 5.20. The Bertz CT molecular complexity index is 1030. The van der Waals surface area contributed by atoms with Gasteiger partial charge < -0.3 is 14.2 Å². The van der Waals surface area contributed by atoms with Crippen LogP contribution in [-0.4, -0.2) is 27.9 Å². The number of phenols is 1. The molecular formula is C25H29NO4. The SMILES string of the molecule is CCCCCCCCOC(=O)c1cc(C(=O)c2ccccc2O)cn2cc(C)cc12. The number of rotatable bonds is 10. The summed E-state index contributed by atoms with van der Waals surface area (Å²) >= 11 is 0. The summed E-state index contributed by atoms with van der Waals surface area (Å²) in [5, 5.41) is 10.0. The molecule has 0 aliphatic rings. The van der Waals surface area contributed by atoms with E-state index in [9.17, 15) is 14.7 Å². The molecule has 2 aromatic heterocycles. The molecule has 158 valence electrons. The second kappa shape index (κ2) is 10.1. The second-order valence-corrected chi connectivity index (χ2v) is 7.70. The molecule has 5 nitrogen and oxygen atoms in total. The first-order valence-electron chi connectivity index (χ1n) is 10.6. The van der Waals surface area contributed by atoms with E-state index in [1.54, 1.807) is 34.9 Å². The molecule has 0 unspecified atom stereocenters. The van der Waals surface area contributed by atoms with Gasteiger partial charge in [0.05, 0.1) is 23.3 Å². The van der Waals surface area contributed by atoms with Crippen LogP contribution in [0.1, 0.15) is 77.3 Å². The van der Waals surface area contributed by atoms with Crippen molar-refractivity contribution in [1.82, 2.24) is 4.40 Å². The smallest absolute Gasteiger partial charge is 0.340 e. The standard InChI is InChI=1S/C25H29NO4/c1-3-4-5-6-7-10-13-30-25(29)21-15-19(17-26-16-18(2)14-22(21)26)24(28)20-11-8-9-12-23(20)27/h8-9,11-12,14-17,27H,3-7,10,13H2,1-2H3. The van der Waals surface area contributed by atoms with Crippen LogP contribution < -0.4 is 0 Å². The first-order valence-corrected chi connectivity index (χ1v) is 10.6. The summed E-state index contributed by atoms with van der Waals surface area (Å²) in [5.41, 5.74) is 2.56. The number of aromatic nitrogens is 1. The lowest BCUT2D eigenvalue weighted by Gasteiger charge is -2.10. The molecule has 0 aliphatic carbocycles. The molecular weight excluding hydrogens is 378 g/mol. The number of hydrogen-bond acceptors (Lipinski definition) is 4. The van der Waals surface area contributed by atoms with Crippen LogP contribution in [0, 0.1) is 6.92 Å². The number of unbranched alkanes of at least 4 members (excludes halogenated alkanes) is 5. The molecule has 3 aromatic rings. The molecule has 0 radical (unpaired) electrons. The van der Waals surface area contributed by atoms with E-state index in [1.165, 1.54) is 25.3 Å². The maximum Gasteiger partial charge on any atom is 0.340 e. The van der Waals surface area contributed by atoms with Crippen LogP contribution in [0.5, 0.6) is 5.75 Å². The fourth-order valence-corrected chi connectivity index (χ4v) is 3.59.